The van der Waals surface area contributed by atoms with E-state index in [1.165, 1.54) is 6.08 Å². The minimum Gasteiger partial charge on any atom is -0.490 e. The van der Waals surface area contributed by atoms with Crippen LogP contribution in [0.25, 0.3) is 6.08 Å². The van der Waals surface area contributed by atoms with Crippen LogP contribution in [0.5, 0.6) is 11.5 Å². The summed E-state index contributed by atoms with van der Waals surface area (Å²) in [5, 5.41) is 5.71. The number of nitrogens with one attached hydrogen (secondary N) is 2. The van der Waals surface area contributed by atoms with Gasteiger partial charge >= 0.3 is 0 Å². The van der Waals surface area contributed by atoms with Crippen molar-refractivity contribution < 1.29 is 19.1 Å². The van der Waals surface area contributed by atoms with E-state index in [2.05, 4.69) is 10.6 Å². The van der Waals surface area contributed by atoms with Crippen molar-refractivity contribution in [2.75, 3.05) is 25.6 Å². The first-order valence-electron chi connectivity index (χ1n) is 9.38. The third-order valence-corrected chi connectivity index (χ3v) is 4.13. The second kappa shape index (κ2) is 11.1. The van der Waals surface area contributed by atoms with Gasteiger partial charge in [-0.2, -0.15) is 0 Å². The molecule has 0 aliphatic rings. The SMILES string of the molecule is CCCOc1c(Cl)cc(/C=C/C(=O)Nc2ccc(C(=O)NC)cc2)cc1OCC. The molecule has 2 aromatic rings. The van der Waals surface area contributed by atoms with E-state index in [0.717, 1.165) is 6.42 Å². The summed E-state index contributed by atoms with van der Waals surface area (Å²) in [7, 11) is 1.56. The Morgan fingerprint density at radius 3 is 2.45 bits per heavy atom. The molecule has 6 nitrogen and oxygen atoms in total. The molecular formula is C22H25ClN2O4. The minimum absolute atomic E-state index is 0.184. The molecule has 0 aromatic heterocycles. The molecule has 0 atom stereocenters. The number of amides is 2. The van der Waals surface area contributed by atoms with E-state index < -0.39 is 0 Å². The number of anilines is 1. The Bertz CT molecular complexity index is 879. The van der Waals surface area contributed by atoms with E-state index in [0.29, 0.717) is 46.5 Å². The van der Waals surface area contributed by atoms with Gasteiger partial charge in [-0.15, -0.1) is 0 Å². The maximum absolute atomic E-state index is 12.2. The molecule has 0 aliphatic heterocycles. The van der Waals surface area contributed by atoms with Crippen molar-refractivity contribution in [3.63, 3.8) is 0 Å². The molecular weight excluding hydrogens is 392 g/mol. The molecule has 0 radical (unpaired) electrons. The van der Waals surface area contributed by atoms with E-state index in [1.807, 2.05) is 13.8 Å². The second-order valence-electron chi connectivity index (χ2n) is 6.09. The molecule has 0 fully saturated rings. The molecule has 0 saturated heterocycles. The summed E-state index contributed by atoms with van der Waals surface area (Å²) in [6, 6.07) is 10.1. The van der Waals surface area contributed by atoms with Crippen molar-refractivity contribution in [1.29, 1.82) is 0 Å². The standard InChI is InChI=1S/C22H25ClN2O4/c1-4-12-29-21-18(23)13-15(14-19(21)28-5-2)6-11-20(26)25-17-9-7-16(8-10-17)22(27)24-3/h6-11,13-14H,4-5,12H2,1-3H3,(H,24,27)(H,25,26)/b11-6+. The Hall–Kier alpha value is -2.99. The van der Waals surface area contributed by atoms with Gasteiger partial charge in [0.05, 0.1) is 18.2 Å². The summed E-state index contributed by atoms with van der Waals surface area (Å²) in [5.74, 6) is 0.556. The van der Waals surface area contributed by atoms with Crippen LogP contribution in [0.2, 0.25) is 5.02 Å². The lowest BCUT2D eigenvalue weighted by Crippen LogP contribution is -2.17. The summed E-state index contributed by atoms with van der Waals surface area (Å²) in [6.07, 6.45) is 3.90. The number of halogens is 1. The zero-order valence-electron chi connectivity index (χ0n) is 16.8. The molecule has 0 bridgehead atoms. The van der Waals surface area contributed by atoms with Gasteiger partial charge in [0.15, 0.2) is 11.5 Å². The van der Waals surface area contributed by atoms with Crippen LogP contribution < -0.4 is 20.1 Å². The third kappa shape index (κ3) is 6.54. The van der Waals surface area contributed by atoms with E-state index in [1.54, 1.807) is 49.5 Å². The van der Waals surface area contributed by atoms with Gasteiger partial charge in [0.2, 0.25) is 5.91 Å². The zero-order chi connectivity index (χ0) is 21.2. The van der Waals surface area contributed by atoms with Crippen molar-refractivity contribution in [2.45, 2.75) is 20.3 Å². The van der Waals surface area contributed by atoms with Crippen LogP contribution in [0.1, 0.15) is 36.2 Å². The number of hydrogen-bond donors (Lipinski definition) is 2. The first kappa shape index (κ1) is 22.3. The maximum atomic E-state index is 12.2. The van der Waals surface area contributed by atoms with Gasteiger partial charge in [-0.3, -0.25) is 9.59 Å². The quantitative estimate of drug-likeness (QED) is 0.588. The lowest BCUT2D eigenvalue weighted by molar-refractivity contribution is -0.111. The highest BCUT2D eigenvalue weighted by Crippen LogP contribution is 2.37. The maximum Gasteiger partial charge on any atom is 0.251 e. The molecule has 0 heterocycles. The summed E-state index contributed by atoms with van der Waals surface area (Å²) >= 11 is 6.33. The highest BCUT2D eigenvalue weighted by molar-refractivity contribution is 6.32. The monoisotopic (exact) mass is 416 g/mol. The number of rotatable bonds is 9. The summed E-state index contributed by atoms with van der Waals surface area (Å²) in [4.78, 5) is 23.7. The predicted octanol–water partition coefficient (Wildman–Crippen LogP) is 4.54. The third-order valence-electron chi connectivity index (χ3n) is 3.85. The number of ether oxygens (including phenoxy) is 2. The van der Waals surface area contributed by atoms with Gasteiger partial charge in [0, 0.05) is 24.4 Å². The first-order chi connectivity index (χ1) is 14.0. The number of carbonyl (C=O) groups is 2. The molecule has 2 rings (SSSR count). The average Bonchev–Trinajstić information content (AvgIpc) is 2.72. The van der Waals surface area contributed by atoms with Gasteiger partial charge in [0.1, 0.15) is 0 Å². The van der Waals surface area contributed by atoms with Crippen LogP contribution in [-0.2, 0) is 4.79 Å². The van der Waals surface area contributed by atoms with Gasteiger partial charge in [0.25, 0.3) is 5.91 Å². The van der Waals surface area contributed by atoms with Crippen molar-refractivity contribution in [3.8, 4) is 11.5 Å². The smallest absolute Gasteiger partial charge is 0.251 e. The summed E-state index contributed by atoms with van der Waals surface area (Å²) in [6.45, 7) is 4.90. The Morgan fingerprint density at radius 1 is 1.10 bits per heavy atom. The zero-order valence-corrected chi connectivity index (χ0v) is 17.5. The molecule has 0 unspecified atom stereocenters. The highest BCUT2D eigenvalue weighted by Gasteiger charge is 2.12. The first-order valence-corrected chi connectivity index (χ1v) is 9.76. The van der Waals surface area contributed by atoms with Gasteiger partial charge < -0.3 is 20.1 Å². The summed E-state index contributed by atoms with van der Waals surface area (Å²) in [5.41, 5.74) is 1.82. The van der Waals surface area contributed by atoms with Gasteiger partial charge in [-0.05, 0) is 61.4 Å². The second-order valence-corrected chi connectivity index (χ2v) is 6.50. The molecule has 2 amide bonds. The number of carbonyl (C=O) groups excluding carboxylic acids is 2. The van der Waals surface area contributed by atoms with Crippen LogP contribution in [0, 0.1) is 0 Å². The summed E-state index contributed by atoms with van der Waals surface area (Å²) < 4.78 is 11.3. The van der Waals surface area contributed by atoms with Crippen LogP contribution in [0.15, 0.2) is 42.5 Å². The fourth-order valence-corrected chi connectivity index (χ4v) is 2.77. The number of benzene rings is 2. The lowest BCUT2D eigenvalue weighted by atomic mass is 10.1. The van der Waals surface area contributed by atoms with Crippen LogP contribution in [0.3, 0.4) is 0 Å². The predicted molar refractivity (Wildman–Crippen MR) is 116 cm³/mol. The average molecular weight is 417 g/mol. The molecule has 154 valence electrons. The van der Waals surface area contributed by atoms with Crippen LogP contribution in [-0.4, -0.2) is 32.1 Å². The Kier molecular flexibility index (Phi) is 8.55. The fourth-order valence-electron chi connectivity index (χ4n) is 2.50. The van der Waals surface area contributed by atoms with Crippen molar-refractivity contribution >= 4 is 35.2 Å². The lowest BCUT2D eigenvalue weighted by Gasteiger charge is -2.14. The molecule has 0 aliphatic carbocycles. The van der Waals surface area contributed by atoms with Crippen molar-refractivity contribution in [1.82, 2.24) is 5.32 Å². The highest BCUT2D eigenvalue weighted by atomic mass is 35.5. The molecule has 2 N–H and O–H groups in total. The Morgan fingerprint density at radius 2 is 1.83 bits per heavy atom. The van der Waals surface area contributed by atoms with Gasteiger partial charge in [-0.25, -0.2) is 0 Å². The van der Waals surface area contributed by atoms with Crippen LogP contribution in [0.4, 0.5) is 5.69 Å². The number of hydrogen-bond acceptors (Lipinski definition) is 4. The van der Waals surface area contributed by atoms with E-state index in [4.69, 9.17) is 21.1 Å². The molecule has 0 saturated carbocycles. The normalized spacial score (nSPS) is 10.6. The van der Waals surface area contributed by atoms with Gasteiger partial charge in [-0.1, -0.05) is 18.5 Å². The van der Waals surface area contributed by atoms with Crippen molar-refractivity contribution in [3.05, 3.63) is 58.6 Å². The topological polar surface area (TPSA) is 76.7 Å². The fraction of sp³-hybridized carbons (Fsp3) is 0.273. The van der Waals surface area contributed by atoms with E-state index in [9.17, 15) is 9.59 Å². The Labute approximate surface area is 175 Å². The van der Waals surface area contributed by atoms with E-state index in [-0.39, 0.29) is 11.8 Å². The molecule has 2 aromatic carbocycles. The van der Waals surface area contributed by atoms with E-state index >= 15 is 0 Å². The minimum atomic E-state index is -0.307. The molecule has 29 heavy (non-hydrogen) atoms. The molecule has 0 spiro atoms. The van der Waals surface area contributed by atoms with Crippen LogP contribution >= 0.6 is 11.6 Å². The molecule has 7 heteroatoms. The Balaban J connectivity index is 2.09. The largest absolute Gasteiger partial charge is 0.490 e. The van der Waals surface area contributed by atoms with Crippen molar-refractivity contribution in [2.24, 2.45) is 0 Å².